The van der Waals surface area contributed by atoms with Crippen molar-refractivity contribution in [3.63, 3.8) is 0 Å². The van der Waals surface area contributed by atoms with E-state index in [0.29, 0.717) is 22.8 Å². The lowest BCUT2D eigenvalue weighted by atomic mass is 9.87. The number of esters is 1. The molecule has 4 rings (SSSR count). The monoisotopic (exact) mass is 416 g/mol. The smallest absolute Gasteiger partial charge is 0.349 e. The second-order valence-electron chi connectivity index (χ2n) is 6.90. The molecule has 0 amide bonds. The van der Waals surface area contributed by atoms with E-state index in [1.54, 1.807) is 30.3 Å². The number of aryl methyl sites for hydroxylation is 1. The Morgan fingerprint density at radius 1 is 1.16 bits per heavy atom. The molecule has 0 saturated carbocycles. The van der Waals surface area contributed by atoms with Gasteiger partial charge < -0.3 is 24.4 Å². The predicted octanol–water partition coefficient (Wildman–Crippen LogP) is 4.04. The molecule has 2 N–H and O–H groups in total. The second kappa shape index (κ2) is 8.67. The van der Waals surface area contributed by atoms with Gasteiger partial charge in [-0.3, -0.25) is 0 Å². The van der Waals surface area contributed by atoms with Gasteiger partial charge in [0.1, 0.15) is 34.7 Å². The van der Waals surface area contributed by atoms with E-state index in [2.05, 4.69) is 13.0 Å². The van der Waals surface area contributed by atoms with Crippen LogP contribution >= 0.6 is 0 Å². The Balaban J connectivity index is 1.48. The number of nitrogens with two attached hydrogens (primary N) is 1. The molecule has 0 saturated heterocycles. The summed E-state index contributed by atoms with van der Waals surface area (Å²) in [4.78, 5) is 12.2. The maximum absolute atomic E-state index is 12.2. The van der Waals surface area contributed by atoms with Crippen molar-refractivity contribution >= 4 is 5.97 Å². The van der Waals surface area contributed by atoms with Crippen LogP contribution in [-0.4, -0.2) is 12.6 Å². The lowest BCUT2D eigenvalue weighted by Gasteiger charge is -2.25. The number of fused-ring (bicyclic) bond motifs is 1. The van der Waals surface area contributed by atoms with E-state index in [0.717, 1.165) is 6.42 Å². The normalized spacial score (nSPS) is 14.9. The van der Waals surface area contributed by atoms with Crippen LogP contribution in [0.5, 0.6) is 17.2 Å². The average molecular weight is 416 g/mol. The summed E-state index contributed by atoms with van der Waals surface area (Å²) < 4.78 is 22.0. The minimum atomic E-state index is -0.556. The third-order valence-electron chi connectivity index (χ3n) is 4.94. The number of carbonyl (C=O) groups excluding carboxylic acids is 1. The number of rotatable bonds is 6. The lowest BCUT2D eigenvalue weighted by Crippen LogP contribution is -2.21. The molecule has 0 spiro atoms. The SMILES string of the molecule is CCc1ccc(OCC(=O)Oc2ccc3c(c2)OC(N)=C(C#N)C3c2ccco2)cc1. The molecule has 0 aliphatic carbocycles. The number of nitriles is 1. The van der Waals surface area contributed by atoms with Gasteiger partial charge in [0, 0.05) is 11.6 Å². The van der Waals surface area contributed by atoms with Crippen molar-refractivity contribution < 1.29 is 23.4 Å². The van der Waals surface area contributed by atoms with E-state index in [-0.39, 0.29) is 23.8 Å². The van der Waals surface area contributed by atoms with Gasteiger partial charge in [-0.2, -0.15) is 5.26 Å². The van der Waals surface area contributed by atoms with Crippen molar-refractivity contribution in [3.05, 3.63) is 89.2 Å². The number of ether oxygens (including phenoxy) is 3. The standard InChI is InChI=1S/C24H20N2O5/c1-2-15-5-7-16(8-6-15)29-14-22(27)30-17-9-10-18-21(12-17)31-24(26)19(13-25)23(18)20-4-3-11-28-20/h3-12,23H,2,14,26H2,1H3. The van der Waals surface area contributed by atoms with Crippen molar-refractivity contribution in [1.82, 2.24) is 0 Å². The van der Waals surface area contributed by atoms with Crippen LogP contribution in [0, 0.1) is 11.3 Å². The van der Waals surface area contributed by atoms with E-state index in [9.17, 15) is 10.1 Å². The number of carbonyl (C=O) groups is 1. The molecular weight excluding hydrogens is 396 g/mol. The Hall–Kier alpha value is -4.18. The highest BCUT2D eigenvalue weighted by Gasteiger charge is 2.32. The van der Waals surface area contributed by atoms with Crippen molar-refractivity contribution in [2.45, 2.75) is 19.3 Å². The molecule has 31 heavy (non-hydrogen) atoms. The van der Waals surface area contributed by atoms with Gasteiger partial charge in [0.2, 0.25) is 5.88 Å². The summed E-state index contributed by atoms with van der Waals surface area (Å²) >= 11 is 0. The molecule has 3 aromatic rings. The molecule has 156 valence electrons. The number of furan rings is 1. The van der Waals surface area contributed by atoms with Gasteiger partial charge in [-0.15, -0.1) is 0 Å². The van der Waals surface area contributed by atoms with Crippen molar-refractivity contribution in [1.29, 1.82) is 5.26 Å². The Kier molecular flexibility index (Phi) is 5.63. The largest absolute Gasteiger partial charge is 0.482 e. The second-order valence-corrected chi connectivity index (χ2v) is 6.90. The number of benzene rings is 2. The number of allylic oxidation sites excluding steroid dienone is 1. The zero-order chi connectivity index (χ0) is 21.8. The Morgan fingerprint density at radius 2 is 1.94 bits per heavy atom. The van der Waals surface area contributed by atoms with Crippen LogP contribution in [0.2, 0.25) is 0 Å². The van der Waals surface area contributed by atoms with Crippen LogP contribution < -0.4 is 19.9 Å². The topological polar surface area (TPSA) is 108 Å². The van der Waals surface area contributed by atoms with Crippen LogP contribution in [-0.2, 0) is 11.2 Å². The van der Waals surface area contributed by atoms with Crippen molar-refractivity contribution in [3.8, 4) is 23.3 Å². The summed E-state index contributed by atoms with van der Waals surface area (Å²) in [5.74, 6) is 0.752. The Labute approximate surface area is 179 Å². The van der Waals surface area contributed by atoms with Crippen LogP contribution in [0.25, 0.3) is 0 Å². The first-order valence-corrected chi connectivity index (χ1v) is 9.76. The fourth-order valence-corrected chi connectivity index (χ4v) is 3.37. The van der Waals surface area contributed by atoms with E-state index in [1.807, 2.05) is 24.3 Å². The summed E-state index contributed by atoms with van der Waals surface area (Å²) in [6.45, 7) is 1.83. The third kappa shape index (κ3) is 4.23. The molecule has 0 radical (unpaired) electrons. The van der Waals surface area contributed by atoms with Gasteiger partial charge in [-0.25, -0.2) is 4.79 Å². The van der Waals surface area contributed by atoms with Crippen LogP contribution in [0.3, 0.4) is 0 Å². The minimum absolute atomic E-state index is 0.0151. The number of hydrogen-bond acceptors (Lipinski definition) is 7. The molecule has 2 aromatic carbocycles. The summed E-state index contributed by atoms with van der Waals surface area (Å²) in [5, 5.41) is 9.52. The maximum Gasteiger partial charge on any atom is 0.349 e. The van der Waals surface area contributed by atoms with Gasteiger partial charge in [0.15, 0.2) is 6.61 Å². The third-order valence-corrected chi connectivity index (χ3v) is 4.94. The minimum Gasteiger partial charge on any atom is -0.482 e. The van der Waals surface area contributed by atoms with E-state index >= 15 is 0 Å². The molecule has 1 aromatic heterocycles. The first-order valence-electron chi connectivity index (χ1n) is 9.76. The first kappa shape index (κ1) is 20.1. The fourth-order valence-electron chi connectivity index (χ4n) is 3.37. The summed E-state index contributed by atoms with van der Waals surface area (Å²) in [7, 11) is 0. The highest BCUT2D eigenvalue weighted by molar-refractivity contribution is 5.74. The van der Waals surface area contributed by atoms with Crippen LogP contribution in [0.15, 0.2) is 76.7 Å². The molecule has 1 atom stereocenters. The van der Waals surface area contributed by atoms with Gasteiger partial charge in [-0.05, 0) is 42.3 Å². The molecular formula is C24H20N2O5. The number of hydrogen-bond donors (Lipinski definition) is 1. The molecule has 2 heterocycles. The number of nitrogens with zero attached hydrogens (tertiary/aromatic N) is 1. The predicted molar refractivity (Wildman–Crippen MR) is 111 cm³/mol. The molecule has 1 aliphatic rings. The summed E-state index contributed by atoms with van der Waals surface area (Å²) in [6.07, 6.45) is 2.46. The first-order chi connectivity index (χ1) is 15.1. The summed E-state index contributed by atoms with van der Waals surface area (Å²) in [6, 6.07) is 18.0. The van der Waals surface area contributed by atoms with E-state index in [4.69, 9.17) is 24.4 Å². The highest BCUT2D eigenvalue weighted by atomic mass is 16.6. The lowest BCUT2D eigenvalue weighted by molar-refractivity contribution is -0.136. The average Bonchev–Trinajstić information content (AvgIpc) is 3.31. The molecule has 7 nitrogen and oxygen atoms in total. The van der Waals surface area contributed by atoms with Gasteiger partial charge in [-0.1, -0.05) is 25.1 Å². The quantitative estimate of drug-likeness (QED) is 0.477. The van der Waals surface area contributed by atoms with Crippen LogP contribution in [0.1, 0.15) is 29.7 Å². The zero-order valence-electron chi connectivity index (χ0n) is 16.8. The summed E-state index contributed by atoms with van der Waals surface area (Å²) in [5.41, 5.74) is 8.08. The Bertz CT molecular complexity index is 1160. The van der Waals surface area contributed by atoms with Gasteiger partial charge in [0.25, 0.3) is 0 Å². The molecule has 0 bridgehead atoms. The molecule has 7 heteroatoms. The molecule has 1 unspecified atom stereocenters. The van der Waals surface area contributed by atoms with E-state index in [1.165, 1.54) is 11.8 Å². The fraction of sp³-hybridized carbons (Fsp3) is 0.167. The maximum atomic E-state index is 12.2. The molecule has 0 fully saturated rings. The van der Waals surface area contributed by atoms with Crippen molar-refractivity contribution in [2.24, 2.45) is 5.73 Å². The van der Waals surface area contributed by atoms with E-state index < -0.39 is 11.9 Å². The zero-order valence-corrected chi connectivity index (χ0v) is 16.8. The molecule has 1 aliphatic heterocycles. The van der Waals surface area contributed by atoms with Crippen LogP contribution in [0.4, 0.5) is 0 Å². The highest BCUT2D eigenvalue weighted by Crippen LogP contribution is 2.43. The van der Waals surface area contributed by atoms with Gasteiger partial charge in [0.05, 0.1) is 12.2 Å². The Morgan fingerprint density at radius 3 is 2.61 bits per heavy atom. The van der Waals surface area contributed by atoms with Crippen molar-refractivity contribution in [2.75, 3.05) is 6.61 Å². The van der Waals surface area contributed by atoms with Gasteiger partial charge >= 0.3 is 5.97 Å².